The predicted molar refractivity (Wildman–Crippen MR) is 56.1 cm³/mol. The fourth-order valence-electron chi connectivity index (χ4n) is 3.11. The number of hydrogen-bond acceptors (Lipinski definition) is 1. The quantitative estimate of drug-likeness (QED) is 0.715. The molecule has 14 heavy (non-hydrogen) atoms. The SMILES string of the molecule is CC(C)N1CCCC12CC[N-]CC2.[Y]. The number of likely N-dealkylation sites (tertiary alicyclic amines) is 1. The van der Waals surface area contributed by atoms with Gasteiger partial charge in [-0.05, 0) is 33.2 Å². The summed E-state index contributed by atoms with van der Waals surface area (Å²) >= 11 is 0. The second-order valence-corrected chi connectivity index (χ2v) is 4.79. The van der Waals surface area contributed by atoms with Gasteiger partial charge in [0, 0.05) is 44.3 Å². The smallest absolute Gasteiger partial charge is 0.0180 e. The largest absolute Gasteiger partial charge is 0.662 e. The summed E-state index contributed by atoms with van der Waals surface area (Å²) in [5.41, 5.74) is 0.552. The molecule has 0 aliphatic carbocycles. The van der Waals surface area contributed by atoms with Crippen molar-refractivity contribution in [2.75, 3.05) is 19.6 Å². The van der Waals surface area contributed by atoms with Gasteiger partial charge in [0.05, 0.1) is 0 Å². The Labute approximate surface area is 113 Å². The number of hydrogen-bond donors (Lipinski definition) is 0. The van der Waals surface area contributed by atoms with Crippen molar-refractivity contribution < 1.29 is 32.7 Å². The molecule has 0 amide bonds. The van der Waals surface area contributed by atoms with Crippen LogP contribution in [0.25, 0.3) is 5.32 Å². The number of piperidine rings is 1. The average molecular weight is 270 g/mol. The van der Waals surface area contributed by atoms with Crippen molar-refractivity contribution in [3.63, 3.8) is 0 Å². The van der Waals surface area contributed by atoms with Crippen LogP contribution < -0.4 is 0 Å². The molecule has 0 aromatic carbocycles. The number of rotatable bonds is 1. The second-order valence-electron chi connectivity index (χ2n) is 4.79. The van der Waals surface area contributed by atoms with Crippen molar-refractivity contribution in [2.45, 2.75) is 51.1 Å². The minimum atomic E-state index is 0. The van der Waals surface area contributed by atoms with Gasteiger partial charge in [-0.3, -0.25) is 4.90 Å². The van der Waals surface area contributed by atoms with E-state index in [9.17, 15) is 0 Å². The van der Waals surface area contributed by atoms with Crippen LogP contribution in [-0.2, 0) is 32.7 Å². The van der Waals surface area contributed by atoms with Gasteiger partial charge in [-0.2, -0.15) is 0 Å². The van der Waals surface area contributed by atoms with E-state index in [1.54, 1.807) is 0 Å². The van der Waals surface area contributed by atoms with Crippen molar-refractivity contribution in [1.82, 2.24) is 4.90 Å². The summed E-state index contributed by atoms with van der Waals surface area (Å²) < 4.78 is 0. The van der Waals surface area contributed by atoms with Gasteiger partial charge in [0.1, 0.15) is 0 Å². The summed E-state index contributed by atoms with van der Waals surface area (Å²) in [5, 5.41) is 4.46. The van der Waals surface area contributed by atoms with Gasteiger partial charge < -0.3 is 5.32 Å². The molecule has 0 unspecified atom stereocenters. The Morgan fingerprint density at radius 1 is 1.14 bits per heavy atom. The zero-order valence-electron chi connectivity index (χ0n) is 9.50. The van der Waals surface area contributed by atoms with Gasteiger partial charge in [0.25, 0.3) is 0 Å². The molecule has 1 radical (unpaired) electrons. The molecule has 2 rings (SSSR count). The van der Waals surface area contributed by atoms with Crippen LogP contribution in [-0.4, -0.2) is 36.1 Å². The molecule has 2 aliphatic rings. The normalized spacial score (nSPS) is 26.8. The van der Waals surface area contributed by atoms with Gasteiger partial charge >= 0.3 is 0 Å². The third kappa shape index (κ3) is 2.40. The van der Waals surface area contributed by atoms with E-state index in [1.165, 1.54) is 32.2 Å². The summed E-state index contributed by atoms with van der Waals surface area (Å²) in [6.07, 6.45) is 5.44. The van der Waals surface area contributed by atoms with Crippen molar-refractivity contribution in [3.05, 3.63) is 5.32 Å². The van der Waals surface area contributed by atoms with Crippen LogP contribution in [0.3, 0.4) is 0 Å². The maximum absolute atomic E-state index is 4.46. The Bertz CT molecular complexity index is 176. The molecule has 0 atom stereocenters. The summed E-state index contributed by atoms with van der Waals surface area (Å²) in [6.45, 7) is 8.18. The van der Waals surface area contributed by atoms with E-state index in [4.69, 9.17) is 0 Å². The third-order valence-electron chi connectivity index (χ3n) is 3.74. The Morgan fingerprint density at radius 3 is 2.36 bits per heavy atom. The third-order valence-corrected chi connectivity index (χ3v) is 3.74. The molecular weight excluding hydrogens is 249 g/mol. The van der Waals surface area contributed by atoms with E-state index in [-0.39, 0.29) is 32.7 Å². The van der Waals surface area contributed by atoms with E-state index >= 15 is 0 Å². The molecule has 2 aliphatic heterocycles. The van der Waals surface area contributed by atoms with E-state index in [0.29, 0.717) is 5.54 Å². The van der Waals surface area contributed by atoms with Gasteiger partial charge in [-0.25, -0.2) is 0 Å². The molecule has 0 saturated carbocycles. The first kappa shape index (κ1) is 13.1. The average Bonchev–Trinajstić information content (AvgIpc) is 2.50. The zero-order chi connectivity index (χ0) is 9.31. The Kier molecular flexibility index (Phi) is 5.03. The van der Waals surface area contributed by atoms with Crippen LogP contribution in [0.2, 0.25) is 0 Å². The summed E-state index contributed by atoms with van der Waals surface area (Å²) in [4.78, 5) is 2.72. The van der Waals surface area contributed by atoms with E-state index in [1.807, 2.05) is 0 Å². The molecule has 0 bridgehead atoms. The topological polar surface area (TPSA) is 17.3 Å². The molecule has 3 heteroatoms. The Balaban J connectivity index is 0.000000980. The fraction of sp³-hybridized carbons (Fsp3) is 1.00. The molecule has 2 fully saturated rings. The van der Waals surface area contributed by atoms with Crippen LogP contribution >= 0.6 is 0 Å². The van der Waals surface area contributed by atoms with Gasteiger partial charge in [-0.15, -0.1) is 13.1 Å². The summed E-state index contributed by atoms with van der Waals surface area (Å²) in [7, 11) is 0. The Hall–Kier alpha value is 1.02. The van der Waals surface area contributed by atoms with Crippen molar-refractivity contribution >= 4 is 0 Å². The first-order valence-electron chi connectivity index (χ1n) is 5.65. The van der Waals surface area contributed by atoms with Crippen LogP contribution in [0.5, 0.6) is 0 Å². The first-order chi connectivity index (χ1) is 6.25. The van der Waals surface area contributed by atoms with Gasteiger partial charge in [0.15, 0.2) is 0 Å². The molecular formula is C11H21N2Y-. The van der Waals surface area contributed by atoms with Gasteiger partial charge in [0.2, 0.25) is 0 Å². The molecule has 2 heterocycles. The fourth-order valence-corrected chi connectivity index (χ4v) is 3.11. The van der Waals surface area contributed by atoms with Crippen LogP contribution in [0.15, 0.2) is 0 Å². The molecule has 79 valence electrons. The van der Waals surface area contributed by atoms with Crippen molar-refractivity contribution in [1.29, 1.82) is 0 Å². The van der Waals surface area contributed by atoms with Crippen LogP contribution in [0, 0.1) is 0 Å². The second kappa shape index (κ2) is 5.38. The van der Waals surface area contributed by atoms with Crippen LogP contribution in [0.1, 0.15) is 39.5 Å². The maximum atomic E-state index is 4.46. The van der Waals surface area contributed by atoms with Crippen molar-refractivity contribution in [3.8, 4) is 0 Å². The minimum Gasteiger partial charge on any atom is -0.662 e. The monoisotopic (exact) mass is 270 g/mol. The maximum Gasteiger partial charge on any atom is 0.0180 e. The van der Waals surface area contributed by atoms with E-state index in [0.717, 1.165) is 19.1 Å². The molecule has 2 nitrogen and oxygen atoms in total. The van der Waals surface area contributed by atoms with E-state index < -0.39 is 0 Å². The van der Waals surface area contributed by atoms with Crippen molar-refractivity contribution in [2.24, 2.45) is 0 Å². The molecule has 0 N–H and O–H groups in total. The molecule has 2 saturated heterocycles. The Morgan fingerprint density at radius 2 is 1.79 bits per heavy atom. The predicted octanol–water partition coefficient (Wildman–Crippen LogP) is 2.39. The van der Waals surface area contributed by atoms with E-state index in [2.05, 4.69) is 24.1 Å². The van der Waals surface area contributed by atoms with Gasteiger partial charge in [-0.1, -0.05) is 12.8 Å². The molecule has 0 aromatic heterocycles. The summed E-state index contributed by atoms with van der Waals surface area (Å²) in [5.74, 6) is 0. The zero-order valence-corrected chi connectivity index (χ0v) is 12.3. The molecule has 0 aromatic rings. The first-order valence-corrected chi connectivity index (χ1v) is 5.65. The molecule has 1 spiro atoms. The standard InChI is InChI=1S/C11H21N2.Y/c1-10(2)13-9-3-4-11(13)5-7-12-8-6-11;/h10H,3-9H2,1-2H3;/q-1;. The van der Waals surface area contributed by atoms with Crippen LogP contribution in [0.4, 0.5) is 0 Å². The minimum absolute atomic E-state index is 0. The summed E-state index contributed by atoms with van der Waals surface area (Å²) in [6, 6.07) is 0.723. The number of nitrogens with zero attached hydrogens (tertiary/aromatic N) is 2.